The standard InChI is InChI=1S/C26H28ClN7O3/c27-20-5-3-19(4-6-20)26(18-35)8-12-32(13-9-26)22-2-1-10-34-24(22)30-25(31-34)29-21-16-28-33(17-21)11-7-23-36-14-15-37-23/h1-6,10,14-17,23,35H,7-9,11-13,18H2,(H,29,31). The second-order valence-corrected chi connectivity index (χ2v) is 9.85. The van der Waals surface area contributed by atoms with Crippen molar-refractivity contribution in [2.24, 2.45) is 0 Å². The van der Waals surface area contributed by atoms with Gasteiger partial charge in [-0.05, 0) is 42.7 Å². The number of hydrogen-bond donors (Lipinski definition) is 2. The van der Waals surface area contributed by atoms with Crippen molar-refractivity contribution in [2.45, 2.75) is 37.5 Å². The molecular weight excluding hydrogens is 494 g/mol. The molecule has 0 spiro atoms. The highest BCUT2D eigenvalue weighted by Crippen LogP contribution is 2.38. The average Bonchev–Trinajstić information content (AvgIpc) is 3.69. The van der Waals surface area contributed by atoms with E-state index in [1.54, 1.807) is 23.2 Å². The van der Waals surface area contributed by atoms with Crippen LogP contribution in [0.4, 0.5) is 17.3 Å². The van der Waals surface area contributed by atoms with Crippen LogP contribution in [-0.4, -0.2) is 55.5 Å². The number of fused-ring (bicyclic) bond motifs is 1. The van der Waals surface area contributed by atoms with Gasteiger partial charge < -0.3 is 24.8 Å². The van der Waals surface area contributed by atoms with E-state index in [0.29, 0.717) is 23.9 Å². The molecule has 0 radical (unpaired) electrons. The highest BCUT2D eigenvalue weighted by atomic mass is 35.5. The smallest absolute Gasteiger partial charge is 0.247 e. The third-order valence-electron chi connectivity index (χ3n) is 7.16. The van der Waals surface area contributed by atoms with Crippen LogP contribution < -0.4 is 10.2 Å². The molecule has 2 N–H and O–H groups in total. The number of rotatable bonds is 8. The van der Waals surface area contributed by atoms with Crippen LogP contribution >= 0.6 is 11.6 Å². The molecule has 10 nitrogen and oxygen atoms in total. The van der Waals surface area contributed by atoms with E-state index in [2.05, 4.69) is 26.5 Å². The fourth-order valence-electron chi connectivity index (χ4n) is 5.03. The van der Waals surface area contributed by atoms with Crippen molar-refractivity contribution >= 4 is 34.6 Å². The summed E-state index contributed by atoms with van der Waals surface area (Å²) in [4.78, 5) is 7.09. The van der Waals surface area contributed by atoms with E-state index in [-0.39, 0.29) is 18.3 Å². The van der Waals surface area contributed by atoms with E-state index in [0.717, 1.165) is 48.5 Å². The minimum atomic E-state index is -0.265. The lowest BCUT2D eigenvalue weighted by atomic mass is 9.73. The molecule has 0 saturated carbocycles. The number of ether oxygens (including phenoxy) is 2. The molecule has 2 aliphatic heterocycles. The first kappa shape index (κ1) is 23.6. The maximum Gasteiger partial charge on any atom is 0.247 e. The lowest BCUT2D eigenvalue weighted by molar-refractivity contribution is -0.0312. The van der Waals surface area contributed by atoms with Crippen molar-refractivity contribution in [3.8, 4) is 0 Å². The third kappa shape index (κ3) is 4.82. The van der Waals surface area contributed by atoms with Gasteiger partial charge in [0.1, 0.15) is 12.5 Å². The molecule has 6 rings (SSSR count). The van der Waals surface area contributed by atoms with Gasteiger partial charge in [-0.15, -0.1) is 5.10 Å². The molecule has 4 aromatic rings. The van der Waals surface area contributed by atoms with Crippen LogP contribution in [0.2, 0.25) is 5.02 Å². The number of hydrogen-bond acceptors (Lipinski definition) is 8. The van der Waals surface area contributed by atoms with E-state index in [1.807, 2.05) is 47.4 Å². The van der Waals surface area contributed by atoms with Crippen molar-refractivity contribution in [2.75, 3.05) is 29.9 Å². The summed E-state index contributed by atoms with van der Waals surface area (Å²) in [5.74, 6) is 0.501. The number of nitrogens with one attached hydrogen (secondary N) is 1. The normalized spacial score (nSPS) is 17.2. The summed E-state index contributed by atoms with van der Waals surface area (Å²) in [5.41, 5.74) is 3.47. The Kier molecular flexibility index (Phi) is 6.35. The Labute approximate surface area is 219 Å². The number of piperidine rings is 1. The quantitative estimate of drug-likeness (QED) is 0.357. The molecule has 3 aromatic heterocycles. The number of anilines is 3. The molecule has 0 aliphatic carbocycles. The highest BCUT2D eigenvalue weighted by molar-refractivity contribution is 6.30. The van der Waals surface area contributed by atoms with Gasteiger partial charge in [0.2, 0.25) is 12.2 Å². The molecule has 2 aliphatic rings. The first-order valence-electron chi connectivity index (χ1n) is 12.3. The highest BCUT2D eigenvalue weighted by Gasteiger charge is 2.36. The van der Waals surface area contributed by atoms with Crippen molar-refractivity contribution in [1.82, 2.24) is 24.4 Å². The molecule has 0 amide bonds. The predicted octanol–water partition coefficient (Wildman–Crippen LogP) is 4.09. The van der Waals surface area contributed by atoms with E-state index in [9.17, 15) is 5.11 Å². The number of pyridine rings is 1. The molecule has 1 aromatic carbocycles. The summed E-state index contributed by atoms with van der Waals surface area (Å²) >= 11 is 6.08. The van der Waals surface area contributed by atoms with Crippen LogP contribution in [0.1, 0.15) is 24.8 Å². The Balaban J connectivity index is 1.14. The molecular formula is C26H28ClN7O3. The van der Waals surface area contributed by atoms with Gasteiger partial charge in [-0.1, -0.05) is 23.7 Å². The molecule has 0 bridgehead atoms. The van der Waals surface area contributed by atoms with Gasteiger partial charge >= 0.3 is 0 Å². The van der Waals surface area contributed by atoms with Gasteiger partial charge in [-0.25, -0.2) is 4.52 Å². The number of aryl methyl sites for hydroxylation is 1. The second-order valence-electron chi connectivity index (χ2n) is 9.41. The molecule has 1 fully saturated rings. The van der Waals surface area contributed by atoms with Crippen LogP contribution in [-0.2, 0) is 21.4 Å². The number of nitrogens with zero attached hydrogens (tertiary/aromatic N) is 6. The van der Waals surface area contributed by atoms with E-state index < -0.39 is 0 Å². The van der Waals surface area contributed by atoms with Gasteiger partial charge in [0.15, 0.2) is 5.65 Å². The summed E-state index contributed by atoms with van der Waals surface area (Å²) in [7, 11) is 0. The fourth-order valence-corrected chi connectivity index (χ4v) is 5.16. The number of aromatic nitrogens is 5. The van der Waals surface area contributed by atoms with Gasteiger partial charge in [0.25, 0.3) is 0 Å². The summed E-state index contributed by atoms with van der Waals surface area (Å²) < 4.78 is 14.2. The second kappa shape index (κ2) is 9.95. The van der Waals surface area contributed by atoms with Gasteiger partial charge in [0.05, 0.1) is 24.2 Å². The van der Waals surface area contributed by atoms with Gasteiger partial charge in [-0.3, -0.25) is 4.68 Å². The zero-order valence-electron chi connectivity index (χ0n) is 20.2. The van der Waals surface area contributed by atoms with Crippen LogP contribution in [0, 0.1) is 0 Å². The van der Waals surface area contributed by atoms with Crippen LogP contribution in [0.3, 0.4) is 0 Å². The van der Waals surface area contributed by atoms with E-state index >= 15 is 0 Å². The first-order valence-corrected chi connectivity index (χ1v) is 12.7. The lowest BCUT2D eigenvalue weighted by Crippen LogP contribution is -2.45. The average molecular weight is 522 g/mol. The Hall–Kier alpha value is -3.76. The Bertz CT molecular complexity index is 1380. The number of aliphatic hydroxyl groups is 1. The SMILES string of the molecule is OCC1(c2ccc(Cl)cc2)CCN(c2cccn3nc(Nc4cnn(CCC5OC=CO5)c4)nc23)CC1. The largest absolute Gasteiger partial charge is 0.459 e. The van der Waals surface area contributed by atoms with Gasteiger partial charge in [-0.2, -0.15) is 10.1 Å². The summed E-state index contributed by atoms with van der Waals surface area (Å²) in [6, 6.07) is 11.9. The molecule has 11 heteroatoms. The summed E-state index contributed by atoms with van der Waals surface area (Å²) in [6.45, 7) is 2.37. The van der Waals surface area contributed by atoms with Crippen molar-refractivity contribution in [3.63, 3.8) is 0 Å². The zero-order valence-corrected chi connectivity index (χ0v) is 21.0. The lowest BCUT2D eigenvalue weighted by Gasteiger charge is -2.42. The van der Waals surface area contributed by atoms with Crippen molar-refractivity contribution in [1.29, 1.82) is 0 Å². The predicted molar refractivity (Wildman–Crippen MR) is 140 cm³/mol. The molecule has 192 valence electrons. The zero-order chi connectivity index (χ0) is 25.2. The molecule has 37 heavy (non-hydrogen) atoms. The summed E-state index contributed by atoms with van der Waals surface area (Å²) in [5, 5.41) is 23.3. The topological polar surface area (TPSA) is 102 Å². The minimum absolute atomic E-state index is 0.108. The van der Waals surface area contributed by atoms with E-state index in [1.165, 1.54) is 0 Å². The van der Waals surface area contributed by atoms with Crippen LogP contribution in [0.5, 0.6) is 0 Å². The van der Waals surface area contributed by atoms with Gasteiger partial charge in [0, 0.05) is 48.9 Å². The Morgan fingerprint density at radius 2 is 1.89 bits per heavy atom. The first-order chi connectivity index (χ1) is 18.1. The summed E-state index contributed by atoms with van der Waals surface area (Å²) in [6.07, 6.45) is 10.7. The maximum absolute atomic E-state index is 10.3. The van der Waals surface area contributed by atoms with Crippen molar-refractivity contribution in [3.05, 3.63) is 78.1 Å². The molecule has 1 saturated heterocycles. The molecule has 5 heterocycles. The number of aliphatic hydroxyl groups excluding tert-OH is 1. The fraction of sp³-hybridized carbons (Fsp3) is 0.346. The Morgan fingerprint density at radius 1 is 1.11 bits per heavy atom. The minimum Gasteiger partial charge on any atom is -0.459 e. The monoisotopic (exact) mass is 521 g/mol. The third-order valence-corrected chi connectivity index (χ3v) is 7.41. The van der Waals surface area contributed by atoms with E-state index in [4.69, 9.17) is 26.1 Å². The number of benzene rings is 1. The van der Waals surface area contributed by atoms with Crippen LogP contribution in [0.25, 0.3) is 5.65 Å². The maximum atomic E-state index is 10.3. The van der Waals surface area contributed by atoms with Crippen LogP contribution in [0.15, 0.2) is 67.5 Å². The molecule has 0 atom stereocenters. The Morgan fingerprint density at radius 3 is 2.65 bits per heavy atom. The number of halogens is 1. The van der Waals surface area contributed by atoms with Crippen molar-refractivity contribution < 1.29 is 14.6 Å². The molecule has 0 unspecified atom stereocenters.